The SMILES string of the molecule is C1=C[C@@H]2c3cc(-c4ccccc4)ccc3N[C@H](c3cccnc3)[C@H]2C1. The Morgan fingerprint density at radius 2 is 1.84 bits per heavy atom. The van der Waals surface area contributed by atoms with E-state index < -0.39 is 0 Å². The number of anilines is 1. The van der Waals surface area contributed by atoms with Gasteiger partial charge in [-0.15, -0.1) is 0 Å². The molecule has 1 N–H and O–H groups in total. The third-order valence-electron chi connectivity index (χ3n) is 5.51. The summed E-state index contributed by atoms with van der Waals surface area (Å²) in [5, 5.41) is 3.78. The molecule has 2 nitrogen and oxygen atoms in total. The molecule has 0 unspecified atom stereocenters. The number of benzene rings is 2. The predicted molar refractivity (Wildman–Crippen MR) is 102 cm³/mol. The second kappa shape index (κ2) is 5.89. The number of allylic oxidation sites excluding steroid dienone is 2. The highest BCUT2D eigenvalue weighted by atomic mass is 15.0. The van der Waals surface area contributed by atoms with Gasteiger partial charge in [-0.2, -0.15) is 0 Å². The van der Waals surface area contributed by atoms with E-state index in [0.717, 1.165) is 6.42 Å². The fraction of sp³-hybridized carbons (Fsp3) is 0.174. The number of nitrogens with one attached hydrogen (secondary N) is 1. The van der Waals surface area contributed by atoms with Crippen LogP contribution in [0.3, 0.4) is 0 Å². The Morgan fingerprint density at radius 1 is 0.920 bits per heavy atom. The monoisotopic (exact) mass is 324 g/mol. The lowest BCUT2D eigenvalue weighted by molar-refractivity contribution is 0.425. The van der Waals surface area contributed by atoms with Crippen molar-refractivity contribution in [3.05, 3.63) is 96.3 Å². The summed E-state index contributed by atoms with van der Waals surface area (Å²) in [6, 6.07) is 22.0. The maximum atomic E-state index is 4.32. The molecule has 0 saturated carbocycles. The first-order chi connectivity index (χ1) is 12.4. The molecule has 0 spiro atoms. The molecule has 0 saturated heterocycles. The van der Waals surface area contributed by atoms with Gasteiger partial charge in [0.05, 0.1) is 6.04 Å². The number of rotatable bonds is 2. The van der Waals surface area contributed by atoms with Crippen LogP contribution in [0.25, 0.3) is 11.1 Å². The van der Waals surface area contributed by atoms with Gasteiger partial charge >= 0.3 is 0 Å². The highest BCUT2D eigenvalue weighted by molar-refractivity contribution is 5.71. The third-order valence-corrected chi connectivity index (χ3v) is 5.51. The Balaban J connectivity index is 1.58. The van der Waals surface area contributed by atoms with Gasteiger partial charge in [0.2, 0.25) is 0 Å². The number of pyridine rings is 1. The number of hydrogen-bond acceptors (Lipinski definition) is 2. The minimum Gasteiger partial charge on any atom is -0.378 e. The summed E-state index contributed by atoms with van der Waals surface area (Å²) in [6.45, 7) is 0. The van der Waals surface area contributed by atoms with Crippen molar-refractivity contribution in [1.82, 2.24) is 4.98 Å². The lowest BCUT2D eigenvalue weighted by Gasteiger charge is -2.37. The van der Waals surface area contributed by atoms with Crippen molar-refractivity contribution in [2.45, 2.75) is 18.4 Å². The third kappa shape index (κ3) is 2.45. The van der Waals surface area contributed by atoms with Crippen LogP contribution in [-0.2, 0) is 0 Å². The molecule has 0 radical (unpaired) electrons. The van der Waals surface area contributed by atoms with Crippen molar-refractivity contribution < 1.29 is 0 Å². The second-order valence-corrected chi connectivity index (χ2v) is 6.93. The van der Waals surface area contributed by atoms with Crippen LogP contribution in [0.4, 0.5) is 5.69 Å². The lowest BCUT2D eigenvalue weighted by Crippen LogP contribution is -2.29. The van der Waals surface area contributed by atoms with Crippen molar-refractivity contribution in [1.29, 1.82) is 0 Å². The van der Waals surface area contributed by atoms with Crippen LogP contribution in [0, 0.1) is 5.92 Å². The van der Waals surface area contributed by atoms with Gasteiger partial charge in [-0.1, -0.05) is 54.6 Å². The molecule has 2 aliphatic rings. The van der Waals surface area contributed by atoms with E-state index >= 15 is 0 Å². The first-order valence-electron chi connectivity index (χ1n) is 8.92. The zero-order valence-electron chi connectivity index (χ0n) is 14.0. The van der Waals surface area contributed by atoms with Crippen LogP contribution in [-0.4, -0.2) is 4.98 Å². The molecule has 0 fully saturated rings. The molecule has 1 aliphatic carbocycles. The molecule has 3 atom stereocenters. The molecule has 3 aromatic rings. The van der Waals surface area contributed by atoms with E-state index in [-0.39, 0.29) is 0 Å². The van der Waals surface area contributed by atoms with Crippen molar-refractivity contribution in [2.24, 2.45) is 5.92 Å². The maximum absolute atomic E-state index is 4.32. The van der Waals surface area contributed by atoms with Crippen molar-refractivity contribution in [2.75, 3.05) is 5.32 Å². The molecule has 0 bridgehead atoms. The Kier molecular flexibility index (Phi) is 3.41. The molecule has 5 rings (SSSR count). The molecular weight excluding hydrogens is 304 g/mol. The van der Waals surface area contributed by atoms with E-state index in [1.807, 2.05) is 18.5 Å². The topological polar surface area (TPSA) is 24.9 Å². The molecule has 2 heterocycles. The zero-order chi connectivity index (χ0) is 16.6. The quantitative estimate of drug-likeness (QED) is 0.623. The average Bonchev–Trinajstić information content (AvgIpc) is 3.18. The van der Waals surface area contributed by atoms with Crippen molar-refractivity contribution in [3.8, 4) is 11.1 Å². The van der Waals surface area contributed by atoms with Crippen LogP contribution in [0.1, 0.15) is 29.5 Å². The molecular formula is C23H20N2. The van der Waals surface area contributed by atoms with Gasteiger partial charge in [-0.3, -0.25) is 4.98 Å². The first-order valence-corrected chi connectivity index (χ1v) is 8.92. The number of nitrogens with zero attached hydrogens (tertiary/aromatic N) is 1. The zero-order valence-corrected chi connectivity index (χ0v) is 14.0. The van der Waals surface area contributed by atoms with E-state index in [1.165, 1.54) is 27.9 Å². The second-order valence-electron chi connectivity index (χ2n) is 6.93. The van der Waals surface area contributed by atoms with Crippen LogP contribution in [0.5, 0.6) is 0 Å². The summed E-state index contributed by atoms with van der Waals surface area (Å²) in [7, 11) is 0. The fourth-order valence-corrected chi connectivity index (χ4v) is 4.29. The predicted octanol–water partition coefficient (Wildman–Crippen LogP) is 5.58. The van der Waals surface area contributed by atoms with E-state index in [9.17, 15) is 0 Å². The normalized spacial score (nSPS) is 23.6. The summed E-state index contributed by atoms with van der Waals surface area (Å²) < 4.78 is 0. The highest BCUT2D eigenvalue weighted by Crippen LogP contribution is 2.50. The van der Waals surface area contributed by atoms with Crippen LogP contribution < -0.4 is 5.32 Å². The number of aromatic nitrogens is 1. The minimum absolute atomic E-state index is 0.323. The van der Waals surface area contributed by atoms with Crippen LogP contribution in [0.2, 0.25) is 0 Å². The Hall–Kier alpha value is -2.87. The first kappa shape index (κ1) is 14.5. The van der Waals surface area contributed by atoms with E-state index in [2.05, 4.69) is 77.1 Å². The minimum atomic E-state index is 0.323. The lowest BCUT2D eigenvalue weighted by atomic mass is 9.76. The molecule has 0 amide bonds. The Labute approximate surface area is 148 Å². The van der Waals surface area contributed by atoms with Gasteiger partial charge in [0.25, 0.3) is 0 Å². The van der Waals surface area contributed by atoms with Crippen molar-refractivity contribution in [3.63, 3.8) is 0 Å². The molecule has 2 aromatic carbocycles. The smallest absolute Gasteiger partial charge is 0.0569 e. The summed E-state index contributed by atoms with van der Waals surface area (Å²) >= 11 is 0. The summed E-state index contributed by atoms with van der Waals surface area (Å²) in [5.74, 6) is 1.04. The highest BCUT2D eigenvalue weighted by Gasteiger charge is 2.37. The standard InChI is InChI=1S/C23H20N2/c1-2-6-16(7-3-1)17-11-12-22-21(14-17)19-9-4-10-20(19)23(25-22)18-8-5-13-24-15-18/h1-9,11-15,19-20,23,25H,10H2/t19-,20-,23+/m0/s1. The van der Waals surface area contributed by atoms with Gasteiger partial charge in [0.1, 0.15) is 0 Å². The molecule has 1 aromatic heterocycles. The molecule has 2 heteroatoms. The maximum Gasteiger partial charge on any atom is 0.0569 e. The van der Waals surface area contributed by atoms with E-state index in [1.54, 1.807) is 0 Å². The largest absolute Gasteiger partial charge is 0.378 e. The van der Waals surface area contributed by atoms with Crippen LogP contribution in [0.15, 0.2) is 85.2 Å². The summed E-state index contributed by atoms with van der Waals surface area (Å²) in [4.78, 5) is 4.32. The van der Waals surface area contributed by atoms with E-state index in [4.69, 9.17) is 0 Å². The summed E-state index contributed by atoms with van der Waals surface area (Å²) in [5.41, 5.74) is 6.51. The molecule has 1 aliphatic heterocycles. The fourth-order valence-electron chi connectivity index (χ4n) is 4.29. The van der Waals surface area contributed by atoms with E-state index in [0.29, 0.717) is 17.9 Å². The van der Waals surface area contributed by atoms with Gasteiger partial charge in [-0.25, -0.2) is 0 Å². The Bertz CT molecular complexity index is 915. The number of hydrogen-bond donors (Lipinski definition) is 1. The van der Waals surface area contributed by atoms with Crippen molar-refractivity contribution >= 4 is 5.69 Å². The van der Waals surface area contributed by atoms with Gasteiger partial charge in [0, 0.05) is 24.0 Å². The number of fused-ring (bicyclic) bond motifs is 3. The van der Waals surface area contributed by atoms with Gasteiger partial charge < -0.3 is 5.32 Å². The van der Waals surface area contributed by atoms with Crippen LogP contribution >= 0.6 is 0 Å². The average molecular weight is 324 g/mol. The van der Waals surface area contributed by atoms with Gasteiger partial charge in [0.15, 0.2) is 0 Å². The Morgan fingerprint density at radius 3 is 2.68 bits per heavy atom. The molecule has 122 valence electrons. The summed E-state index contributed by atoms with van der Waals surface area (Å²) in [6.07, 6.45) is 9.69. The van der Waals surface area contributed by atoms with Gasteiger partial charge in [-0.05, 0) is 52.8 Å². The molecule has 25 heavy (non-hydrogen) atoms.